The second kappa shape index (κ2) is 9.78. The fraction of sp³-hybridized carbons (Fsp3) is 0.0667. The molecule has 184 valence electrons. The van der Waals surface area contributed by atoms with Gasteiger partial charge >= 0.3 is 12.2 Å². The molecule has 0 aliphatic rings. The Morgan fingerprint density at radius 2 is 1.43 bits per heavy atom. The SMILES string of the molecule is Cc1ccccc1-c1cnc2c(C(F)(F)F)cccc2c1-c1cccc(NC(=O)Nc2ccccc2)c1. The Hall–Kier alpha value is -4.65. The number of nitrogens with one attached hydrogen (secondary N) is 2. The summed E-state index contributed by atoms with van der Waals surface area (Å²) in [4.78, 5) is 16.8. The Morgan fingerprint density at radius 3 is 2.19 bits per heavy atom. The summed E-state index contributed by atoms with van der Waals surface area (Å²) in [6.45, 7) is 1.95. The van der Waals surface area contributed by atoms with Crippen molar-refractivity contribution < 1.29 is 18.0 Å². The van der Waals surface area contributed by atoms with Crippen LogP contribution in [0, 0.1) is 6.92 Å². The molecule has 37 heavy (non-hydrogen) atoms. The summed E-state index contributed by atoms with van der Waals surface area (Å²) < 4.78 is 41.5. The van der Waals surface area contributed by atoms with Crippen molar-refractivity contribution in [2.24, 2.45) is 0 Å². The Labute approximate surface area is 211 Å². The van der Waals surface area contributed by atoms with Crippen LogP contribution < -0.4 is 10.6 Å². The quantitative estimate of drug-likeness (QED) is 0.261. The molecule has 4 aromatic carbocycles. The van der Waals surface area contributed by atoms with E-state index in [0.717, 1.165) is 17.2 Å². The molecule has 0 bridgehead atoms. The average molecular weight is 498 g/mol. The van der Waals surface area contributed by atoms with E-state index in [4.69, 9.17) is 0 Å². The molecule has 7 heteroatoms. The first-order valence-corrected chi connectivity index (χ1v) is 11.6. The lowest BCUT2D eigenvalue weighted by molar-refractivity contribution is -0.136. The fourth-order valence-electron chi connectivity index (χ4n) is 4.41. The third kappa shape index (κ3) is 5.02. The van der Waals surface area contributed by atoms with Crippen molar-refractivity contribution in [1.82, 2.24) is 4.98 Å². The second-order valence-corrected chi connectivity index (χ2v) is 8.59. The van der Waals surface area contributed by atoms with Gasteiger partial charge in [-0.2, -0.15) is 13.2 Å². The highest BCUT2D eigenvalue weighted by atomic mass is 19.4. The standard InChI is InChI=1S/C30H22F3N3O/c1-19-9-5-6-14-23(19)25-18-34-28-24(15-8-16-26(28)30(31,32)33)27(25)20-10-7-13-22(17-20)36-29(37)35-21-11-3-2-4-12-21/h2-18H,1H3,(H2,35,36,37). The van der Waals surface area contributed by atoms with Crippen LogP contribution in [-0.4, -0.2) is 11.0 Å². The number of hydrogen-bond donors (Lipinski definition) is 2. The van der Waals surface area contributed by atoms with E-state index in [1.165, 1.54) is 12.3 Å². The third-order valence-corrected chi connectivity index (χ3v) is 6.08. The molecule has 1 heterocycles. The zero-order valence-electron chi connectivity index (χ0n) is 19.8. The van der Waals surface area contributed by atoms with Crippen LogP contribution in [0.2, 0.25) is 0 Å². The van der Waals surface area contributed by atoms with Gasteiger partial charge in [0, 0.05) is 34.1 Å². The number of nitrogens with zero attached hydrogens (tertiary/aromatic N) is 1. The minimum atomic E-state index is -4.55. The van der Waals surface area contributed by atoms with Gasteiger partial charge in [-0.3, -0.25) is 4.98 Å². The van der Waals surface area contributed by atoms with Crippen LogP contribution in [0.4, 0.5) is 29.3 Å². The number of urea groups is 1. The van der Waals surface area contributed by atoms with E-state index in [2.05, 4.69) is 15.6 Å². The van der Waals surface area contributed by atoms with Gasteiger partial charge in [0.05, 0.1) is 11.1 Å². The molecule has 2 N–H and O–H groups in total. The van der Waals surface area contributed by atoms with Crippen molar-refractivity contribution in [3.8, 4) is 22.3 Å². The van der Waals surface area contributed by atoms with E-state index in [0.29, 0.717) is 33.5 Å². The van der Waals surface area contributed by atoms with Gasteiger partial charge in [0.15, 0.2) is 0 Å². The third-order valence-electron chi connectivity index (χ3n) is 6.08. The first-order chi connectivity index (χ1) is 17.8. The molecule has 0 unspecified atom stereocenters. The predicted octanol–water partition coefficient (Wildman–Crippen LogP) is 8.54. The number of fused-ring (bicyclic) bond motifs is 1. The van der Waals surface area contributed by atoms with E-state index in [1.807, 2.05) is 55.5 Å². The van der Waals surface area contributed by atoms with Crippen molar-refractivity contribution in [2.75, 3.05) is 10.6 Å². The summed E-state index contributed by atoms with van der Waals surface area (Å²) in [5, 5.41) is 5.95. The average Bonchev–Trinajstić information content (AvgIpc) is 2.88. The summed E-state index contributed by atoms with van der Waals surface area (Å²) >= 11 is 0. The number of para-hydroxylation sites is 2. The number of carbonyl (C=O) groups is 1. The number of pyridine rings is 1. The van der Waals surface area contributed by atoms with Crippen LogP contribution >= 0.6 is 0 Å². The number of amides is 2. The molecule has 4 nitrogen and oxygen atoms in total. The number of aryl methyl sites for hydroxylation is 1. The molecule has 0 aliphatic carbocycles. The summed E-state index contributed by atoms with van der Waals surface area (Å²) in [6, 6.07) is 27.4. The van der Waals surface area contributed by atoms with Gasteiger partial charge in [-0.15, -0.1) is 0 Å². The van der Waals surface area contributed by atoms with Gasteiger partial charge in [-0.05, 0) is 53.9 Å². The maximum Gasteiger partial charge on any atom is 0.418 e. The van der Waals surface area contributed by atoms with Gasteiger partial charge in [-0.25, -0.2) is 4.79 Å². The molecule has 0 spiro atoms. The van der Waals surface area contributed by atoms with Crippen LogP contribution in [0.25, 0.3) is 33.2 Å². The first-order valence-electron chi connectivity index (χ1n) is 11.6. The number of rotatable bonds is 4. The van der Waals surface area contributed by atoms with Crippen molar-refractivity contribution in [3.63, 3.8) is 0 Å². The number of hydrogen-bond acceptors (Lipinski definition) is 2. The van der Waals surface area contributed by atoms with Crippen molar-refractivity contribution in [2.45, 2.75) is 13.1 Å². The van der Waals surface area contributed by atoms with Gasteiger partial charge < -0.3 is 10.6 Å². The first kappa shape index (κ1) is 24.1. The van der Waals surface area contributed by atoms with Crippen LogP contribution in [0.1, 0.15) is 11.1 Å². The van der Waals surface area contributed by atoms with E-state index < -0.39 is 17.8 Å². The monoisotopic (exact) mass is 497 g/mol. The number of alkyl halides is 3. The molecular formula is C30H22F3N3O. The van der Waals surface area contributed by atoms with Crippen LogP contribution in [0.15, 0.2) is 103 Å². The molecule has 0 saturated carbocycles. The summed E-state index contributed by atoms with van der Waals surface area (Å²) in [5.41, 5.74) is 4.02. The molecule has 0 atom stereocenters. The Balaban J connectivity index is 1.65. The van der Waals surface area contributed by atoms with Gasteiger partial charge in [0.2, 0.25) is 0 Å². The Morgan fingerprint density at radius 1 is 0.757 bits per heavy atom. The van der Waals surface area contributed by atoms with Gasteiger partial charge in [0.25, 0.3) is 0 Å². The zero-order valence-corrected chi connectivity index (χ0v) is 19.8. The predicted molar refractivity (Wildman–Crippen MR) is 141 cm³/mol. The number of halogens is 3. The molecule has 5 rings (SSSR count). The van der Waals surface area contributed by atoms with Gasteiger partial charge in [-0.1, -0.05) is 66.7 Å². The molecule has 1 aromatic heterocycles. The van der Waals surface area contributed by atoms with E-state index >= 15 is 0 Å². The normalized spacial score (nSPS) is 11.4. The lowest BCUT2D eigenvalue weighted by Crippen LogP contribution is -2.19. The highest BCUT2D eigenvalue weighted by Gasteiger charge is 2.33. The van der Waals surface area contributed by atoms with Crippen LogP contribution in [0.5, 0.6) is 0 Å². The van der Waals surface area contributed by atoms with Crippen molar-refractivity contribution in [3.05, 3.63) is 114 Å². The highest BCUT2D eigenvalue weighted by Crippen LogP contribution is 2.42. The molecule has 0 saturated heterocycles. The Kier molecular flexibility index (Phi) is 6.36. The maximum absolute atomic E-state index is 13.8. The minimum absolute atomic E-state index is 0.123. The Bertz CT molecular complexity index is 1600. The maximum atomic E-state index is 13.8. The molecule has 2 amide bonds. The minimum Gasteiger partial charge on any atom is -0.308 e. The highest BCUT2D eigenvalue weighted by molar-refractivity contribution is 6.05. The largest absolute Gasteiger partial charge is 0.418 e. The van der Waals surface area contributed by atoms with Crippen LogP contribution in [0.3, 0.4) is 0 Å². The number of carbonyl (C=O) groups excluding carboxylic acids is 1. The van der Waals surface area contributed by atoms with E-state index in [1.54, 1.807) is 36.4 Å². The number of anilines is 2. The molecule has 0 fully saturated rings. The zero-order chi connectivity index (χ0) is 26.0. The smallest absolute Gasteiger partial charge is 0.308 e. The van der Waals surface area contributed by atoms with Crippen molar-refractivity contribution >= 4 is 28.3 Å². The number of aromatic nitrogens is 1. The van der Waals surface area contributed by atoms with Crippen molar-refractivity contribution in [1.29, 1.82) is 0 Å². The lowest BCUT2D eigenvalue weighted by Gasteiger charge is -2.18. The fourth-order valence-corrected chi connectivity index (χ4v) is 4.41. The summed E-state index contributed by atoms with van der Waals surface area (Å²) in [6.07, 6.45) is -3.05. The topological polar surface area (TPSA) is 54.0 Å². The number of benzene rings is 4. The molecule has 5 aromatic rings. The van der Waals surface area contributed by atoms with E-state index in [9.17, 15) is 18.0 Å². The summed E-state index contributed by atoms with van der Waals surface area (Å²) in [7, 11) is 0. The second-order valence-electron chi connectivity index (χ2n) is 8.59. The van der Waals surface area contributed by atoms with Gasteiger partial charge in [0.1, 0.15) is 0 Å². The molecule has 0 radical (unpaired) electrons. The van der Waals surface area contributed by atoms with E-state index in [-0.39, 0.29) is 5.52 Å². The molecule has 0 aliphatic heterocycles. The van der Waals surface area contributed by atoms with Crippen LogP contribution in [-0.2, 0) is 6.18 Å². The molecular weight excluding hydrogens is 475 g/mol. The lowest BCUT2D eigenvalue weighted by atomic mass is 9.90. The summed E-state index contributed by atoms with van der Waals surface area (Å²) in [5.74, 6) is 0.